The molecule has 2 heterocycles. The minimum atomic E-state index is 0.793. The molecule has 0 aliphatic carbocycles. The number of aromatic nitrogens is 2. The minimum Gasteiger partial charge on any atom is -0.355 e. The molecular formula is C17H16BrN3. The van der Waals surface area contributed by atoms with Gasteiger partial charge in [-0.25, -0.2) is 4.98 Å². The summed E-state index contributed by atoms with van der Waals surface area (Å²) in [5.74, 6) is 1.02. The van der Waals surface area contributed by atoms with E-state index in [1.165, 1.54) is 16.5 Å². The lowest BCUT2D eigenvalue weighted by molar-refractivity contribution is 0.892. The molecule has 0 saturated carbocycles. The van der Waals surface area contributed by atoms with E-state index < -0.39 is 0 Å². The summed E-state index contributed by atoms with van der Waals surface area (Å²) in [6, 6.07) is 14.5. The molecule has 1 aromatic carbocycles. The molecule has 0 atom stereocenters. The van der Waals surface area contributed by atoms with E-state index in [9.17, 15) is 0 Å². The first-order valence-corrected chi connectivity index (χ1v) is 7.95. The first kappa shape index (κ1) is 14.0. The summed E-state index contributed by atoms with van der Waals surface area (Å²) in [6.45, 7) is 0.813. The summed E-state index contributed by atoms with van der Waals surface area (Å²) >= 11 is 3.57. The Hall–Kier alpha value is -1.94. The molecule has 0 aliphatic heterocycles. The average Bonchev–Trinajstić information content (AvgIpc) is 2.54. The van der Waals surface area contributed by atoms with Crippen LogP contribution in [0.4, 0.5) is 5.82 Å². The summed E-state index contributed by atoms with van der Waals surface area (Å²) in [7, 11) is 2.07. The number of benzene rings is 1. The highest BCUT2D eigenvalue weighted by Crippen LogP contribution is 2.25. The van der Waals surface area contributed by atoms with Crippen LogP contribution in [0.25, 0.3) is 10.9 Å². The third-order valence-electron chi connectivity index (χ3n) is 3.45. The average molecular weight is 342 g/mol. The third-order valence-corrected chi connectivity index (χ3v) is 4.06. The molecule has 2 aromatic heterocycles. The fourth-order valence-corrected chi connectivity index (χ4v) is 2.83. The highest BCUT2D eigenvalue weighted by Gasteiger charge is 2.11. The van der Waals surface area contributed by atoms with E-state index in [-0.39, 0.29) is 0 Å². The Morgan fingerprint density at radius 1 is 1.10 bits per heavy atom. The topological polar surface area (TPSA) is 29.0 Å². The second kappa shape index (κ2) is 6.22. The van der Waals surface area contributed by atoms with Gasteiger partial charge in [0.1, 0.15) is 5.82 Å². The van der Waals surface area contributed by atoms with Crippen molar-refractivity contribution in [3.63, 3.8) is 0 Å². The maximum atomic E-state index is 4.82. The zero-order valence-electron chi connectivity index (χ0n) is 11.8. The predicted octanol–water partition coefficient (Wildman–Crippen LogP) is 4.16. The van der Waals surface area contributed by atoms with Gasteiger partial charge in [-0.3, -0.25) is 4.98 Å². The fourth-order valence-electron chi connectivity index (χ4n) is 2.42. The molecule has 0 amide bonds. The Kier molecular flexibility index (Phi) is 4.15. The van der Waals surface area contributed by atoms with E-state index in [1.807, 2.05) is 36.7 Å². The Bertz CT molecular complexity index is 743. The molecule has 4 heteroatoms. The first-order valence-electron chi connectivity index (χ1n) is 6.82. The Morgan fingerprint density at radius 3 is 2.62 bits per heavy atom. The van der Waals surface area contributed by atoms with Crippen LogP contribution in [0.15, 0.2) is 54.9 Å². The van der Waals surface area contributed by atoms with Crippen LogP contribution in [0, 0.1) is 0 Å². The van der Waals surface area contributed by atoms with E-state index >= 15 is 0 Å². The van der Waals surface area contributed by atoms with Crippen LogP contribution in [-0.4, -0.2) is 17.0 Å². The van der Waals surface area contributed by atoms with Gasteiger partial charge in [-0.15, -0.1) is 0 Å². The predicted molar refractivity (Wildman–Crippen MR) is 90.7 cm³/mol. The molecular weight excluding hydrogens is 326 g/mol. The SMILES string of the molecule is CN(Cc1ccncc1)c1nc2ccccc2cc1CBr. The van der Waals surface area contributed by atoms with E-state index in [0.717, 1.165) is 23.2 Å². The lowest BCUT2D eigenvalue weighted by Crippen LogP contribution is -2.19. The van der Waals surface area contributed by atoms with Gasteiger partial charge in [0.25, 0.3) is 0 Å². The lowest BCUT2D eigenvalue weighted by atomic mass is 10.1. The van der Waals surface area contributed by atoms with E-state index in [1.54, 1.807) is 0 Å². The van der Waals surface area contributed by atoms with Crippen molar-refractivity contribution in [2.24, 2.45) is 0 Å². The third kappa shape index (κ3) is 3.05. The number of hydrogen-bond donors (Lipinski definition) is 0. The zero-order chi connectivity index (χ0) is 14.7. The summed E-state index contributed by atoms with van der Waals surface area (Å²) in [5.41, 5.74) is 3.45. The number of para-hydroxylation sites is 1. The van der Waals surface area contributed by atoms with Crippen LogP contribution < -0.4 is 4.90 Å². The van der Waals surface area contributed by atoms with Crippen molar-refractivity contribution in [2.45, 2.75) is 11.9 Å². The molecule has 0 N–H and O–H groups in total. The molecule has 3 rings (SSSR count). The van der Waals surface area contributed by atoms with Crippen LogP contribution in [0.3, 0.4) is 0 Å². The molecule has 3 aromatic rings. The lowest BCUT2D eigenvalue weighted by Gasteiger charge is -2.21. The van der Waals surface area contributed by atoms with Gasteiger partial charge in [0.2, 0.25) is 0 Å². The largest absolute Gasteiger partial charge is 0.355 e. The summed E-state index contributed by atoms with van der Waals surface area (Å²) in [5, 5.41) is 1.97. The number of hydrogen-bond acceptors (Lipinski definition) is 3. The molecule has 3 nitrogen and oxygen atoms in total. The van der Waals surface area contributed by atoms with Crippen molar-refractivity contribution in [1.29, 1.82) is 0 Å². The standard InChI is InChI=1S/C17H16BrN3/c1-21(12-13-6-8-19-9-7-13)17-15(11-18)10-14-4-2-3-5-16(14)20-17/h2-10H,11-12H2,1H3. The molecule has 0 unspecified atom stereocenters. The van der Waals surface area contributed by atoms with Crippen LogP contribution in [0.5, 0.6) is 0 Å². The number of fused-ring (bicyclic) bond motifs is 1. The fraction of sp³-hybridized carbons (Fsp3) is 0.176. The van der Waals surface area contributed by atoms with Crippen LogP contribution in [0.1, 0.15) is 11.1 Å². The smallest absolute Gasteiger partial charge is 0.133 e. The summed E-state index contributed by atoms with van der Waals surface area (Å²) in [4.78, 5) is 11.1. The monoisotopic (exact) mass is 341 g/mol. The molecule has 0 aliphatic rings. The van der Waals surface area contributed by atoms with Gasteiger partial charge in [0.05, 0.1) is 5.52 Å². The normalized spacial score (nSPS) is 10.8. The number of alkyl halides is 1. The van der Waals surface area contributed by atoms with Crippen molar-refractivity contribution in [1.82, 2.24) is 9.97 Å². The maximum Gasteiger partial charge on any atom is 0.133 e. The number of halogens is 1. The molecule has 106 valence electrons. The van der Waals surface area contributed by atoms with Crippen molar-refractivity contribution in [3.05, 3.63) is 66.0 Å². The number of rotatable bonds is 4. The molecule has 0 spiro atoms. The Balaban J connectivity index is 1.98. The molecule has 21 heavy (non-hydrogen) atoms. The second-order valence-corrected chi connectivity index (χ2v) is 5.57. The van der Waals surface area contributed by atoms with Gasteiger partial charge in [0.15, 0.2) is 0 Å². The summed E-state index contributed by atoms with van der Waals surface area (Å²) in [6.07, 6.45) is 3.64. The summed E-state index contributed by atoms with van der Waals surface area (Å²) < 4.78 is 0. The van der Waals surface area contributed by atoms with Crippen LogP contribution >= 0.6 is 15.9 Å². The van der Waals surface area contributed by atoms with Crippen molar-refractivity contribution in [3.8, 4) is 0 Å². The van der Waals surface area contributed by atoms with E-state index in [4.69, 9.17) is 4.98 Å². The van der Waals surface area contributed by atoms with E-state index in [2.05, 4.69) is 51.1 Å². The zero-order valence-corrected chi connectivity index (χ0v) is 13.4. The van der Waals surface area contributed by atoms with Crippen molar-refractivity contribution < 1.29 is 0 Å². The Morgan fingerprint density at radius 2 is 1.86 bits per heavy atom. The number of pyridine rings is 2. The van der Waals surface area contributed by atoms with Gasteiger partial charge in [-0.05, 0) is 29.8 Å². The van der Waals surface area contributed by atoms with Crippen molar-refractivity contribution >= 4 is 32.7 Å². The molecule has 0 radical (unpaired) electrons. The quantitative estimate of drug-likeness (QED) is 0.667. The van der Waals surface area contributed by atoms with Crippen molar-refractivity contribution in [2.75, 3.05) is 11.9 Å². The highest BCUT2D eigenvalue weighted by molar-refractivity contribution is 9.08. The van der Waals surface area contributed by atoms with Gasteiger partial charge in [0, 0.05) is 42.3 Å². The minimum absolute atomic E-state index is 0.793. The second-order valence-electron chi connectivity index (χ2n) is 5.01. The molecule has 0 fully saturated rings. The molecule has 0 saturated heterocycles. The number of anilines is 1. The molecule has 0 bridgehead atoms. The first-order chi connectivity index (χ1) is 10.3. The highest BCUT2D eigenvalue weighted by atomic mass is 79.9. The van der Waals surface area contributed by atoms with Gasteiger partial charge < -0.3 is 4.90 Å². The van der Waals surface area contributed by atoms with E-state index in [0.29, 0.717) is 0 Å². The number of nitrogens with zero attached hydrogens (tertiary/aromatic N) is 3. The Labute approximate surface area is 132 Å². The van der Waals surface area contributed by atoms with Gasteiger partial charge >= 0.3 is 0 Å². The van der Waals surface area contributed by atoms with Crippen LogP contribution in [-0.2, 0) is 11.9 Å². The van der Waals surface area contributed by atoms with Gasteiger partial charge in [-0.1, -0.05) is 34.1 Å². The van der Waals surface area contributed by atoms with Crippen LogP contribution in [0.2, 0.25) is 0 Å². The van der Waals surface area contributed by atoms with Gasteiger partial charge in [-0.2, -0.15) is 0 Å². The maximum absolute atomic E-state index is 4.82.